The van der Waals surface area contributed by atoms with Crippen LogP contribution in [0.4, 0.5) is 0 Å². The second kappa shape index (κ2) is 7.86. The Morgan fingerprint density at radius 2 is 1.83 bits per heavy atom. The molecule has 0 aliphatic carbocycles. The number of nitriles is 1. The molecule has 0 radical (unpaired) electrons. The van der Waals surface area contributed by atoms with Crippen molar-refractivity contribution in [3.8, 4) is 6.07 Å². The maximum Gasteiger partial charge on any atom is 0.640 e. The summed E-state index contributed by atoms with van der Waals surface area (Å²) >= 11 is 0. The largest absolute Gasteiger partial charge is 0.640 e. The monoisotopic (exact) mass is 371 g/mol. The lowest BCUT2D eigenvalue weighted by Gasteiger charge is -2.15. The molecule has 2 rings (SSSR count). The molecule has 0 spiro atoms. The molecular weight excluding hydrogens is 357 g/mol. The van der Waals surface area contributed by atoms with Gasteiger partial charge in [-0.1, -0.05) is 0 Å². The maximum absolute atomic E-state index is 11.1. The third-order valence-corrected chi connectivity index (χ3v) is 5.05. The minimum Gasteiger partial charge on any atom is -0.385 e. The van der Waals surface area contributed by atoms with Gasteiger partial charge < -0.3 is 14.0 Å². The predicted octanol–water partition coefficient (Wildman–Crippen LogP) is -1.82. The molecule has 2 aliphatic heterocycles. The summed E-state index contributed by atoms with van der Waals surface area (Å²) in [6.07, 6.45) is -0.855. The number of hydrogen-bond acceptors (Lipinski definition) is 11. The number of nitrogens with zero attached hydrogens (tertiary/aromatic N) is 1. The highest BCUT2D eigenvalue weighted by Gasteiger charge is 2.34. The summed E-state index contributed by atoms with van der Waals surface area (Å²) in [5.41, 5.74) is 0. The van der Waals surface area contributed by atoms with Gasteiger partial charge in [0.25, 0.3) is 10.1 Å². The normalized spacial score (nSPS) is 28.5. The van der Waals surface area contributed by atoms with Crippen LogP contribution in [0.1, 0.15) is 0 Å². The van der Waals surface area contributed by atoms with Crippen LogP contribution in [0.15, 0.2) is 0 Å². The fourth-order valence-electron chi connectivity index (χ4n) is 1.79. The van der Waals surface area contributed by atoms with Crippen molar-refractivity contribution in [2.24, 2.45) is 5.92 Å². The minimum atomic E-state index is -4.00. The zero-order valence-electron chi connectivity index (χ0n) is 11.8. The molecule has 2 aliphatic rings. The second-order valence-corrected chi connectivity index (χ2v) is 7.64. The van der Waals surface area contributed by atoms with Crippen molar-refractivity contribution in [2.75, 3.05) is 38.8 Å². The third kappa shape index (κ3) is 6.32. The van der Waals surface area contributed by atoms with E-state index in [2.05, 4.69) is 12.5 Å². The van der Waals surface area contributed by atoms with E-state index in [1.165, 1.54) is 0 Å². The Balaban J connectivity index is 1.76. The Morgan fingerprint density at radius 3 is 2.39 bits per heavy atom. The fourth-order valence-corrected chi connectivity index (χ4v) is 3.87. The van der Waals surface area contributed by atoms with E-state index < -0.39 is 33.9 Å². The molecular formula is C9H14BNO10S2. The Bertz CT molecular complexity index is 596. The first-order chi connectivity index (χ1) is 10.8. The summed E-state index contributed by atoms with van der Waals surface area (Å²) in [5, 5.41) is 8.50. The summed E-state index contributed by atoms with van der Waals surface area (Å²) in [4.78, 5) is 0. The van der Waals surface area contributed by atoms with E-state index in [1.54, 1.807) is 6.07 Å². The lowest BCUT2D eigenvalue weighted by atomic mass is 10.1. The van der Waals surface area contributed by atoms with Crippen LogP contribution in [0.2, 0.25) is 0 Å². The van der Waals surface area contributed by atoms with Gasteiger partial charge in [0.05, 0.1) is 31.6 Å². The molecule has 0 amide bonds. The first-order valence-corrected chi connectivity index (χ1v) is 9.37. The Hall–Kier alpha value is -0.785. The van der Waals surface area contributed by atoms with Gasteiger partial charge in [0.2, 0.25) is 0 Å². The molecule has 14 heteroatoms. The maximum atomic E-state index is 11.1. The van der Waals surface area contributed by atoms with Crippen molar-refractivity contribution in [1.29, 1.82) is 5.26 Å². The molecule has 11 nitrogen and oxygen atoms in total. The molecule has 0 N–H and O–H groups in total. The minimum absolute atomic E-state index is 0.00881. The van der Waals surface area contributed by atoms with E-state index >= 15 is 0 Å². The molecule has 2 saturated heterocycles. The van der Waals surface area contributed by atoms with Gasteiger partial charge in [-0.25, -0.2) is 8.37 Å². The van der Waals surface area contributed by atoms with Gasteiger partial charge >= 0.3 is 17.7 Å². The molecule has 0 aromatic heterocycles. The number of hydrogen-bond donors (Lipinski definition) is 0. The topological polar surface area (TPSA) is 147 Å². The van der Waals surface area contributed by atoms with Crippen LogP contribution in [0.5, 0.6) is 0 Å². The van der Waals surface area contributed by atoms with Gasteiger partial charge in [-0.15, -0.1) is 0 Å². The van der Waals surface area contributed by atoms with Crippen LogP contribution in [0, 0.1) is 17.2 Å². The van der Waals surface area contributed by atoms with Gasteiger partial charge in [-0.2, -0.15) is 22.1 Å². The predicted molar refractivity (Wildman–Crippen MR) is 72.2 cm³/mol. The van der Waals surface area contributed by atoms with Crippen molar-refractivity contribution < 1.29 is 43.3 Å². The average molecular weight is 371 g/mol. The highest BCUT2D eigenvalue weighted by atomic mass is 32.3. The van der Waals surface area contributed by atoms with Crippen LogP contribution < -0.4 is 0 Å². The van der Waals surface area contributed by atoms with Gasteiger partial charge in [0, 0.05) is 12.5 Å². The van der Waals surface area contributed by atoms with Crippen molar-refractivity contribution >= 4 is 27.8 Å². The average Bonchev–Trinajstić information content (AvgIpc) is 2.99. The highest BCUT2D eigenvalue weighted by Crippen LogP contribution is 2.16. The molecule has 0 aromatic rings. The summed E-state index contributed by atoms with van der Waals surface area (Å²) in [7, 11) is -8.78. The van der Waals surface area contributed by atoms with Crippen LogP contribution in [0.25, 0.3) is 0 Å². The molecule has 2 heterocycles. The number of rotatable bonds is 8. The van der Waals surface area contributed by atoms with E-state index in [0.29, 0.717) is 0 Å². The van der Waals surface area contributed by atoms with E-state index in [0.717, 1.165) is 0 Å². The zero-order valence-corrected chi connectivity index (χ0v) is 13.5. The Labute approximate surface area is 134 Å². The summed E-state index contributed by atoms with van der Waals surface area (Å²) in [5.74, 6) is -0.571. The zero-order chi connectivity index (χ0) is 16.9. The first kappa shape index (κ1) is 18.6. The fraction of sp³-hybridized carbons (Fsp3) is 0.889. The van der Waals surface area contributed by atoms with Crippen molar-refractivity contribution in [3.63, 3.8) is 0 Å². The van der Waals surface area contributed by atoms with E-state index in [9.17, 15) is 16.8 Å². The Kier molecular flexibility index (Phi) is 6.34. The van der Waals surface area contributed by atoms with Gasteiger partial charge in [-0.3, -0.25) is 4.18 Å². The molecule has 130 valence electrons. The van der Waals surface area contributed by atoms with Crippen LogP contribution in [-0.2, 0) is 47.0 Å². The molecule has 23 heavy (non-hydrogen) atoms. The molecule has 0 aromatic carbocycles. The molecule has 2 fully saturated rings. The first-order valence-electron chi connectivity index (χ1n) is 6.46. The Morgan fingerprint density at radius 1 is 1.09 bits per heavy atom. The van der Waals surface area contributed by atoms with Crippen LogP contribution in [0.3, 0.4) is 0 Å². The SMILES string of the molecule is N#CCOB(OCC1COS(=O)(=O)C1)OCC1COS(=O)(=O)O1. The van der Waals surface area contributed by atoms with Crippen molar-refractivity contribution in [2.45, 2.75) is 6.10 Å². The summed E-state index contributed by atoms with van der Waals surface area (Å²) < 4.78 is 73.1. The van der Waals surface area contributed by atoms with E-state index in [1.807, 2.05) is 0 Å². The molecule has 0 saturated carbocycles. The van der Waals surface area contributed by atoms with Crippen molar-refractivity contribution in [1.82, 2.24) is 0 Å². The third-order valence-electron chi connectivity index (χ3n) is 2.75. The smallest absolute Gasteiger partial charge is 0.385 e. The quantitative estimate of drug-likeness (QED) is 0.351. The molecule has 2 atom stereocenters. The van der Waals surface area contributed by atoms with Crippen LogP contribution >= 0.6 is 0 Å². The molecule has 2 unspecified atom stereocenters. The lowest BCUT2D eigenvalue weighted by Crippen LogP contribution is -2.34. The summed E-state index contributed by atoms with van der Waals surface area (Å²) in [6, 6.07) is 1.73. The highest BCUT2D eigenvalue weighted by molar-refractivity contribution is 7.86. The second-order valence-electron chi connectivity index (χ2n) is 4.71. The van der Waals surface area contributed by atoms with Crippen molar-refractivity contribution in [3.05, 3.63) is 0 Å². The summed E-state index contributed by atoms with van der Waals surface area (Å²) in [6.45, 7) is -0.790. The molecule has 0 bridgehead atoms. The van der Waals surface area contributed by atoms with Crippen LogP contribution in [-0.4, -0.2) is 69.0 Å². The van der Waals surface area contributed by atoms with Gasteiger partial charge in [-0.05, 0) is 0 Å². The van der Waals surface area contributed by atoms with E-state index in [4.69, 9.17) is 19.2 Å². The van der Waals surface area contributed by atoms with Gasteiger partial charge in [0.15, 0.2) is 0 Å². The van der Waals surface area contributed by atoms with Gasteiger partial charge in [0.1, 0.15) is 12.7 Å². The standard InChI is InChI=1S/C9H14BNO10S2/c11-1-2-16-10(17-3-8-4-19-22(12,13)7-8)18-5-9-6-20-23(14,15)21-9/h8-9H,2-7H2. The van der Waals surface area contributed by atoms with E-state index in [-0.39, 0.29) is 44.7 Å². The lowest BCUT2D eigenvalue weighted by molar-refractivity contribution is 0.0578.